The van der Waals surface area contributed by atoms with Crippen molar-refractivity contribution in [1.29, 1.82) is 0 Å². The molecule has 94 valence electrons. The number of hydrogen-bond donors (Lipinski definition) is 1. The van der Waals surface area contributed by atoms with E-state index in [1.165, 1.54) is 5.56 Å². The van der Waals surface area contributed by atoms with E-state index in [4.69, 9.17) is 10.5 Å². The molecule has 18 heavy (non-hydrogen) atoms. The van der Waals surface area contributed by atoms with Crippen LogP contribution in [-0.4, -0.2) is 23.0 Å². The van der Waals surface area contributed by atoms with E-state index in [1.54, 1.807) is 4.68 Å². The molecule has 4 nitrogen and oxygen atoms in total. The van der Waals surface area contributed by atoms with Crippen LogP contribution in [0.25, 0.3) is 11.1 Å². The molecule has 1 aliphatic rings. The zero-order valence-corrected chi connectivity index (χ0v) is 10.5. The standard InChI is InChI=1S/C14H17N3O/c1-17-14(15)13(7-16-17)12-4-2-10(3-5-12)6-11-8-18-9-11/h2-5,7,11H,6,8-9,15H2,1H3. The van der Waals surface area contributed by atoms with Crippen LogP contribution >= 0.6 is 0 Å². The summed E-state index contributed by atoms with van der Waals surface area (Å²) in [4.78, 5) is 0. The van der Waals surface area contributed by atoms with Gasteiger partial charge in [-0.3, -0.25) is 4.68 Å². The second kappa shape index (κ2) is 4.46. The van der Waals surface area contributed by atoms with Crippen molar-refractivity contribution in [3.63, 3.8) is 0 Å². The van der Waals surface area contributed by atoms with Gasteiger partial charge in [-0.1, -0.05) is 24.3 Å². The largest absolute Gasteiger partial charge is 0.383 e. The first-order valence-corrected chi connectivity index (χ1v) is 6.18. The average molecular weight is 243 g/mol. The Morgan fingerprint density at radius 1 is 1.33 bits per heavy atom. The van der Waals surface area contributed by atoms with Gasteiger partial charge in [0.2, 0.25) is 0 Å². The summed E-state index contributed by atoms with van der Waals surface area (Å²) in [6.07, 6.45) is 2.91. The van der Waals surface area contributed by atoms with Gasteiger partial charge in [-0.2, -0.15) is 5.10 Å². The Bertz CT molecular complexity index is 541. The Kier molecular flexibility index (Phi) is 2.80. The van der Waals surface area contributed by atoms with Crippen LogP contribution in [0.5, 0.6) is 0 Å². The van der Waals surface area contributed by atoms with Crippen LogP contribution in [0.15, 0.2) is 30.5 Å². The van der Waals surface area contributed by atoms with Gasteiger partial charge in [-0.25, -0.2) is 0 Å². The third-order valence-electron chi connectivity index (χ3n) is 3.48. The van der Waals surface area contributed by atoms with Crippen LogP contribution < -0.4 is 5.73 Å². The summed E-state index contributed by atoms with van der Waals surface area (Å²) >= 11 is 0. The van der Waals surface area contributed by atoms with Gasteiger partial charge in [0.05, 0.1) is 19.4 Å². The van der Waals surface area contributed by atoms with Crippen molar-refractivity contribution in [2.45, 2.75) is 6.42 Å². The lowest BCUT2D eigenvalue weighted by atomic mass is 9.96. The van der Waals surface area contributed by atoms with Gasteiger partial charge in [-0.15, -0.1) is 0 Å². The van der Waals surface area contributed by atoms with E-state index < -0.39 is 0 Å². The number of ether oxygens (including phenoxy) is 1. The van der Waals surface area contributed by atoms with E-state index in [-0.39, 0.29) is 0 Å². The summed E-state index contributed by atoms with van der Waals surface area (Å²) in [5.74, 6) is 1.40. The molecule has 0 spiro atoms. The fraction of sp³-hybridized carbons (Fsp3) is 0.357. The van der Waals surface area contributed by atoms with Gasteiger partial charge in [-0.05, 0) is 17.5 Å². The molecule has 0 saturated carbocycles. The highest BCUT2D eigenvalue weighted by molar-refractivity contribution is 5.73. The van der Waals surface area contributed by atoms with E-state index in [2.05, 4.69) is 29.4 Å². The monoisotopic (exact) mass is 243 g/mol. The molecule has 1 aromatic carbocycles. The molecule has 0 amide bonds. The number of nitrogen functional groups attached to an aromatic ring is 1. The summed E-state index contributed by atoms with van der Waals surface area (Å²) in [6.45, 7) is 1.80. The maximum atomic E-state index is 5.97. The van der Waals surface area contributed by atoms with Gasteiger partial charge in [0.15, 0.2) is 0 Å². The van der Waals surface area contributed by atoms with Gasteiger partial charge >= 0.3 is 0 Å². The summed E-state index contributed by atoms with van der Waals surface area (Å²) in [7, 11) is 1.85. The van der Waals surface area contributed by atoms with Crippen molar-refractivity contribution >= 4 is 5.82 Å². The zero-order valence-electron chi connectivity index (χ0n) is 10.5. The molecule has 1 aliphatic heterocycles. The van der Waals surface area contributed by atoms with Crippen molar-refractivity contribution in [1.82, 2.24) is 9.78 Å². The zero-order chi connectivity index (χ0) is 12.5. The molecule has 1 fully saturated rings. The molecule has 0 bridgehead atoms. The molecule has 0 atom stereocenters. The smallest absolute Gasteiger partial charge is 0.129 e. The second-order valence-corrected chi connectivity index (χ2v) is 4.87. The molecule has 2 N–H and O–H groups in total. The number of rotatable bonds is 3. The number of nitrogens with two attached hydrogens (primary N) is 1. The van der Waals surface area contributed by atoms with Crippen molar-refractivity contribution in [2.24, 2.45) is 13.0 Å². The van der Waals surface area contributed by atoms with Gasteiger partial charge in [0.1, 0.15) is 5.82 Å². The Morgan fingerprint density at radius 2 is 2.06 bits per heavy atom. The lowest BCUT2D eigenvalue weighted by molar-refractivity contribution is -0.0312. The first kappa shape index (κ1) is 11.3. The molecule has 2 heterocycles. The van der Waals surface area contributed by atoms with Crippen molar-refractivity contribution in [2.75, 3.05) is 18.9 Å². The first-order valence-electron chi connectivity index (χ1n) is 6.18. The third-order valence-corrected chi connectivity index (χ3v) is 3.48. The van der Waals surface area contributed by atoms with Crippen molar-refractivity contribution < 1.29 is 4.74 Å². The van der Waals surface area contributed by atoms with Crippen molar-refractivity contribution in [3.8, 4) is 11.1 Å². The Hall–Kier alpha value is -1.81. The number of hydrogen-bond acceptors (Lipinski definition) is 3. The highest BCUT2D eigenvalue weighted by atomic mass is 16.5. The molecule has 3 rings (SSSR count). The molecular weight excluding hydrogens is 226 g/mol. The van der Waals surface area contributed by atoms with E-state index in [0.717, 1.165) is 30.8 Å². The summed E-state index contributed by atoms with van der Waals surface area (Å²) in [5, 5.41) is 4.16. The lowest BCUT2D eigenvalue weighted by Crippen LogP contribution is -2.29. The summed E-state index contributed by atoms with van der Waals surface area (Å²) in [5.41, 5.74) is 9.44. The van der Waals surface area contributed by atoms with Crippen LogP contribution in [0, 0.1) is 5.92 Å². The fourth-order valence-electron chi connectivity index (χ4n) is 2.23. The first-order chi connectivity index (χ1) is 8.74. The number of anilines is 1. The number of aromatic nitrogens is 2. The van der Waals surface area contributed by atoms with E-state index in [9.17, 15) is 0 Å². The van der Waals surface area contributed by atoms with E-state index in [0.29, 0.717) is 11.7 Å². The van der Waals surface area contributed by atoms with Gasteiger partial charge in [0, 0.05) is 18.5 Å². The summed E-state index contributed by atoms with van der Waals surface area (Å²) in [6, 6.07) is 8.56. The van der Waals surface area contributed by atoms with Crippen LogP contribution in [0.2, 0.25) is 0 Å². The van der Waals surface area contributed by atoms with Crippen molar-refractivity contribution in [3.05, 3.63) is 36.0 Å². The predicted molar refractivity (Wildman–Crippen MR) is 71.1 cm³/mol. The summed E-state index contributed by atoms with van der Waals surface area (Å²) < 4.78 is 6.88. The molecule has 2 aromatic rings. The number of benzene rings is 1. The highest BCUT2D eigenvalue weighted by Crippen LogP contribution is 2.26. The van der Waals surface area contributed by atoms with Gasteiger partial charge in [0.25, 0.3) is 0 Å². The normalized spacial score (nSPS) is 15.6. The molecule has 1 aromatic heterocycles. The molecule has 0 aliphatic carbocycles. The number of aryl methyl sites for hydroxylation is 1. The molecule has 1 saturated heterocycles. The lowest BCUT2D eigenvalue weighted by Gasteiger charge is -2.25. The van der Waals surface area contributed by atoms with Crippen LogP contribution in [-0.2, 0) is 18.2 Å². The minimum atomic E-state index is 0.694. The molecule has 0 unspecified atom stereocenters. The minimum Gasteiger partial charge on any atom is -0.383 e. The van der Waals surface area contributed by atoms with Crippen LogP contribution in [0.4, 0.5) is 5.82 Å². The second-order valence-electron chi connectivity index (χ2n) is 4.87. The predicted octanol–water partition coefficient (Wildman–Crippen LogP) is 1.86. The van der Waals surface area contributed by atoms with Crippen LogP contribution in [0.1, 0.15) is 5.56 Å². The minimum absolute atomic E-state index is 0.694. The van der Waals surface area contributed by atoms with Gasteiger partial charge < -0.3 is 10.5 Å². The molecule has 4 heteroatoms. The SMILES string of the molecule is Cn1ncc(-c2ccc(CC3COC3)cc2)c1N. The topological polar surface area (TPSA) is 53.1 Å². The quantitative estimate of drug-likeness (QED) is 0.895. The molecular formula is C14H17N3O. The van der Waals surface area contributed by atoms with E-state index in [1.807, 2.05) is 13.2 Å². The van der Waals surface area contributed by atoms with Crippen LogP contribution in [0.3, 0.4) is 0 Å². The average Bonchev–Trinajstić information content (AvgIpc) is 2.66. The maximum Gasteiger partial charge on any atom is 0.129 e. The number of nitrogens with zero attached hydrogens (tertiary/aromatic N) is 2. The van der Waals surface area contributed by atoms with E-state index >= 15 is 0 Å². The molecule has 0 radical (unpaired) electrons. The fourth-order valence-corrected chi connectivity index (χ4v) is 2.23. The third kappa shape index (κ3) is 1.99. The Labute approximate surface area is 106 Å². The maximum absolute atomic E-state index is 5.97. The highest BCUT2D eigenvalue weighted by Gasteiger charge is 2.18. The Balaban J connectivity index is 1.79. The Morgan fingerprint density at radius 3 is 2.56 bits per heavy atom.